The van der Waals surface area contributed by atoms with E-state index in [1.54, 1.807) is 24.3 Å². The smallest absolute Gasteiger partial charge is 0.325 e. The van der Waals surface area contributed by atoms with E-state index in [0.717, 1.165) is 9.37 Å². The standard InChI is InChI=1S/C18H15BrN4O5S/c19-12-3-1-11(2-4-12)9-15-17(25)23(18(26)22-15)10-16(24)21-13-5-7-14(8-6-13)29(20,27)28/h1-9H,10H2,(H,21,24)(H,22,26)(H2,20,27,28)/b15-9-. The summed E-state index contributed by atoms with van der Waals surface area (Å²) in [7, 11) is -3.84. The second-order valence-corrected chi connectivity index (χ2v) is 8.53. The van der Waals surface area contributed by atoms with Crippen LogP contribution >= 0.6 is 15.9 Å². The second kappa shape index (κ2) is 8.15. The number of nitrogens with two attached hydrogens (primary N) is 1. The monoisotopic (exact) mass is 478 g/mol. The van der Waals surface area contributed by atoms with Gasteiger partial charge in [0.2, 0.25) is 15.9 Å². The molecule has 2 aromatic rings. The maximum absolute atomic E-state index is 12.4. The van der Waals surface area contributed by atoms with Gasteiger partial charge in [-0.2, -0.15) is 0 Å². The Hall–Kier alpha value is -3.02. The first-order chi connectivity index (χ1) is 13.6. The van der Waals surface area contributed by atoms with Crippen LogP contribution in [0, 0.1) is 0 Å². The summed E-state index contributed by atoms with van der Waals surface area (Å²) in [5.74, 6) is -1.25. The Kier molecular flexibility index (Phi) is 5.82. The van der Waals surface area contributed by atoms with Gasteiger partial charge in [0.15, 0.2) is 0 Å². The highest BCUT2D eigenvalue weighted by Gasteiger charge is 2.34. The van der Waals surface area contributed by atoms with Crippen molar-refractivity contribution in [2.45, 2.75) is 4.90 Å². The number of benzene rings is 2. The Labute approximate surface area is 174 Å². The Balaban J connectivity index is 1.66. The lowest BCUT2D eigenvalue weighted by Crippen LogP contribution is -2.38. The van der Waals surface area contributed by atoms with Crippen molar-refractivity contribution in [2.24, 2.45) is 5.14 Å². The molecule has 0 radical (unpaired) electrons. The van der Waals surface area contributed by atoms with Crippen LogP contribution in [0.15, 0.2) is 63.6 Å². The average molecular weight is 479 g/mol. The minimum Gasteiger partial charge on any atom is -0.325 e. The molecule has 1 fully saturated rings. The molecule has 11 heteroatoms. The number of carbonyl (C=O) groups is 3. The number of carbonyl (C=O) groups excluding carboxylic acids is 3. The summed E-state index contributed by atoms with van der Waals surface area (Å²) >= 11 is 3.31. The number of sulfonamides is 1. The van der Waals surface area contributed by atoms with Gasteiger partial charge in [-0.15, -0.1) is 0 Å². The molecule has 0 bridgehead atoms. The molecule has 0 spiro atoms. The van der Waals surface area contributed by atoms with E-state index < -0.39 is 34.4 Å². The second-order valence-electron chi connectivity index (χ2n) is 6.05. The minimum absolute atomic E-state index is 0.0580. The van der Waals surface area contributed by atoms with Gasteiger partial charge in [0.25, 0.3) is 5.91 Å². The van der Waals surface area contributed by atoms with E-state index in [1.807, 2.05) is 0 Å². The molecule has 1 heterocycles. The molecule has 29 heavy (non-hydrogen) atoms. The van der Waals surface area contributed by atoms with Crippen LogP contribution in [0.25, 0.3) is 6.08 Å². The van der Waals surface area contributed by atoms with E-state index in [2.05, 4.69) is 26.6 Å². The Morgan fingerprint density at radius 3 is 2.31 bits per heavy atom. The molecule has 9 nitrogen and oxygen atoms in total. The normalized spacial score (nSPS) is 15.5. The van der Waals surface area contributed by atoms with Crippen LogP contribution in [0.3, 0.4) is 0 Å². The van der Waals surface area contributed by atoms with E-state index >= 15 is 0 Å². The third kappa shape index (κ3) is 5.08. The molecule has 1 saturated heterocycles. The molecule has 4 amide bonds. The molecule has 0 atom stereocenters. The van der Waals surface area contributed by atoms with E-state index in [4.69, 9.17) is 5.14 Å². The predicted molar refractivity (Wildman–Crippen MR) is 109 cm³/mol. The molecule has 3 rings (SSSR count). The number of anilines is 1. The van der Waals surface area contributed by atoms with Crippen molar-refractivity contribution < 1.29 is 22.8 Å². The lowest BCUT2D eigenvalue weighted by molar-refractivity contribution is -0.127. The predicted octanol–water partition coefficient (Wildman–Crippen LogP) is 1.63. The molecule has 0 aromatic heterocycles. The van der Waals surface area contributed by atoms with Gasteiger partial charge in [0.05, 0.1) is 4.90 Å². The lowest BCUT2D eigenvalue weighted by atomic mass is 10.2. The van der Waals surface area contributed by atoms with Crippen LogP contribution < -0.4 is 15.8 Å². The molecule has 0 aliphatic carbocycles. The Morgan fingerprint density at radius 2 is 1.72 bits per heavy atom. The molecule has 2 aromatic carbocycles. The van der Waals surface area contributed by atoms with Gasteiger partial charge in [-0.25, -0.2) is 23.3 Å². The third-order valence-electron chi connectivity index (χ3n) is 3.91. The first-order valence-corrected chi connectivity index (χ1v) is 10.5. The first-order valence-electron chi connectivity index (χ1n) is 8.16. The third-order valence-corrected chi connectivity index (χ3v) is 5.37. The molecule has 0 saturated carbocycles. The molecule has 0 unspecified atom stereocenters. The molecule has 4 N–H and O–H groups in total. The number of imide groups is 1. The van der Waals surface area contributed by atoms with Gasteiger partial charge in [-0.3, -0.25) is 9.59 Å². The van der Waals surface area contributed by atoms with Gasteiger partial charge < -0.3 is 10.6 Å². The Morgan fingerprint density at radius 1 is 1.10 bits per heavy atom. The van der Waals surface area contributed by atoms with Gasteiger partial charge in [-0.1, -0.05) is 28.1 Å². The summed E-state index contributed by atoms with van der Waals surface area (Å²) in [6, 6.07) is 11.6. The number of nitrogens with one attached hydrogen (secondary N) is 2. The highest BCUT2D eigenvalue weighted by molar-refractivity contribution is 9.10. The van der Waals surface area contributed by atoms with Crippen LogP contribution in [-0.2, 0) is 19.6 Å². The van der Waals surface area contributed by atoms with Crippen molar-refractivity contribution in [1.29, 1.82) is 0 Å². The maximum Gasteiger partial charge on any atom is 0.329 e. The van der Waals surface area contributed by atoms with Crippen molar-refractivity contribution in [3.05, 3.63) is 64.3 Å². The van der Waals surface area contributed by atoms with Crippen LogP contribution in [0.2, 0.25) is 0 Å². The number of rotatable bonds is 5. The first kappa shape index (κ1) is 20.7. The van der Waals surface area contributed by atoms with Crippen molar-refractivity contribution in [1.82, 2.24) is 10.2 Å². The van der Waals surface area contributed by atoms with E-state index in [9.17, 15) is 22.8 Å². The topological polar surface area (TPSA) is 139 Å². The number of hydrogen-bond donors (Lipinski definition) is 3. The van der Waals surface area contributed by atoms with Gasteiger partial charge >= 0.3 is 6.03 Å². The van der Waals surface area contributed by atoms with Crippen molar-refractivity contribution in [2.75, 3.05) is 11.9 Å². The summed E-state index contributed by atoms with van der Waals surface area (Å²) in [5.41, 5.74) is 1.06. The van der Waals surface area contributed by atoms with Crippen LogP contribution in [0.4, 0.5) is 10.5 Å². The number of amides is 4. The van der Waals surface area contributed by atoms with E-state index in [-0.39, 0.29) is 10.6 Å². The Bertz CT molecular complexity index is 1110. The summed E-state index contributed by atoms with van der Waals surface area (Å²) < 4.78 is 23.4. The zero-order valence-electron chi connectivity index (χ0n) is 14.8. The zero-order valence-corrected chi connectivity index (χ0v) is 17.2. The van der Waals surface area contributed by atoms with Crippen LogP contribution in [0.5, 0.6) is 0 Å². The average Bonchev–Trinajstić information content (AvgIpc) is 2.91. The van der Waals surface area contributed by atoms with Crippen LogP contribution in [0.1, 0.15) is 5.56 Å². The van der Waals surface area contributed by atoms with Crippen LogP contribution in [-0.4, -0.2) is 37.7 Å². The van der Waals surface area contributed by atoms with Crippen molar-refractivity contribution in [3.63, 3.8) is 0 Å². The lowest BCUT2D eigenvalue weighted by Gasteiger charge is -2.12. The number of halogens is 1. The van der Waals surface area contributed by atoms with E-state index in [0.29, 0.717) is 11.3 Å². The fraction of sp³-hybridized carbons (Fsp3) is 0.0556. The summed E-state index contributed by atoms with van der Waals surface area (Å²) in [4.78, 5) is 37.4. The van der Waals surface area contributed by atoms with Crippen molar-refractivity contribution in [3.8, 4) is 0 Å². The quantitative estimate of drug-likeness (QED) is 0.442. The number of urea groups is 1. The molecular weight excluding hydrogens is 464 g/mol. The summed E-state index contributed by atoms with van der Waals surface area (Å²) in [6.45, 7) is -0.501. The van der Waals surface area contributed by atoms with E-state index in [1.165, 1.54) is 30.3 Å². The van der Waals surface area contributed by atoms with Crippen molar-refractivity contribution >= 4 is 55.6 Å². The highest BCUT2D eigenvalue weighted by atomic mass is 79.9. The maximum atomic E-state index is 12.4. The van der Waals surface area contributed by atoms with Gasteiger partial charge in [-0.05, 0) is 48.0 Å². The fourth-order valence-electron chi connectivity index (χ4n) is 2.51. The zero-order chi connectivity index (χ0) is 21.2. The van der Waals surface area contributed by atoms with Gasteiger partial charge in [0.1, 0.15) is 12.2 Å². The molecule has 1 aliphatic rings. The number of primary sulfonamides is 1. The highest BCUT2D eigenvalue weighted by Crippen LogP contribution is 2.17. The number of hydrogen-bond acceptors (Lipinski definition) is 5. The van der Waals surface area contributed by atoms with Gasteiger partial charge in [0, 0.05) is 10.2 Å². The molecule has 150 valence electrons. The summed E-state index contributed by atoms with van der Waals surface area (Å²) in [6.07, 6.45) is 1.51. The molecule has 1 aliphatic heterocycles. The summed E-state index contributed by atoms with van der Waals surface area (Å²) in [5, 5.41) is 9.93. The minimum atomic E-state index is -3.84. The SMILES string of the molecule is NS(=O)(=O)c1ccc(NC(=O)CN2C(=O)N/C(=C\c3ccc(Br)cc3)C2=O)cc1. The number of nitrogens with zero attached hydrogens (tertiary/aromatic N) is 1. The molecular formula is C18H15BrN4O5S. The largest absolute Gasteiger partial charge is 0.329 e. The fourth-order valence-corrected chi connectivity index (χ4v) is 3.29.